The Balaban J connectivity index is 1.87. The van der Waals surface area contributed by atoms with Gasteiger partial charge in [-0.1, -0.05) is 20.8 Å². The zero-order valence-electron chi connectivity index (χ0n) is 12.4. The highest BCUT2D eigenvalue weighted by atomic mass is 127. The van der Waals surface area contributed by atoms with Crippen LogP contribution in [-0.2, 0) is 4.79 Å². The fourth-order valence-electron chi connectivity index (χ4n) is 2.90. The van der Waals surface area contributed by atoms with E-state index in [9.17, 15) is 4.79 Å². The second kappa shape index (κ2) is 6.41. The molecule has 0 radical (unpaired) electrons. The molecule has 1 aromatic heterocycles. The Morgan fingerprint density at radius 1 is 1.25 bits per heavy atom. The molecule has 1 saturated carbocycles. The Bertz CT molecular complexity index is 456. The molecule has 1 heterocycles. The van der Waals surface area contributed by atoms with E-state index in [1.165, 1.54) is 0 Å². The average molecular weight is 386 g/mol. The molecule has 1 fully saturated rings. The van der Waals surface area contributed by atoms with Crippen molar-refractivity contribution >= 4 is 34.3 Å². The lowest BCUT2D eigenvalue weighted by atomic mass is 9.70. The van der Waals surface area contributed by atoms with Crippen LogP contribution in [0.1, 0.15) is 46.5 Å². The SMILES string of the molecule is CC(C)(C)C1CCC(C(=O)Nc2ccc(I)cn2)CC1. The first-order chi connectivity index (χ1) is 9.36. The van der Waals surface area contributed by atoms with Gasteiger partial charge in [-0.05, 0) is 71.7 Å². The molecular weight excluding hydrogens is 363 g/mol. The molecule has 0 atom stereocenters. The number of nitrogens with one attached hydrogen (secondary N) is 1. The summed E-state index contributed by atoms with van der Waals surface area (Å²) in [6.07, 6.45) is 6.08. The highest BCUT2D eigenvalue weighted by Crippen LogP contribution is 2.39. The summed E-state index contributed by atoms with van der Waals surface area (Å²) in [4.78, 5) is 16.5. The topological polar surface area (TPSA) is 42.0 Å². The van der Waals surface area contributed by atoms with Crippen molar-refractivity contribution in [2.75, 3.05) is 5.32 Å². The van der Waals surface area contributed by atoms with Gasteiger partial charge in [0.1, 0.15) is 5.82 Å². The van der Waals surface area contributed by atoms with E-state index in [1.807, 2.05) is 12.1 Å². The summed E-state index contributed by atoms with van der Waals surface area (Å²) in [5, 5.41) is 2.94. The molecule has 0 aliphatic heterocycles. The van der Waals surface area contributed by atoms with Crippen molar-refractivity contribution < 1.29 is 4.79 Å². The number of carbonyl (C=O) groups is 1. The Labute approximate surface area is 135 Å². The summed E-state index contributed by atoms with van der Waals surface area (Å²) in [6.45, 7) is 6.90. The zero-order valence-corrected chi connectivity index (χ0v) is 14.6. The number of carbonyl (C=O) groups excluding carboxylic acids is 1. The third kappa shape index (κ3) is 4.17. The van der Waals surface area contributed by atoms with E-state index in [2.05, 4.69) is 53.7 Å². The number of hydrogen-bond donors (Lipinski definition) is 1. The van der Waals surface area contributed by atoms with Gasteiger partial charge in [-0.2, -0.15) is 0 Å². The summed E-state index contributed by atoms with van der Waals surface area (Å²) in [7, 11) is 0. The average Bonchev–Trinajstić information content (AvgIpc) is 2.40. The minimum absolute atomic E-state index is 0.131. The number of hydrogen-bond acceptors (Lipinski definition) is 2. The van der Waals surface area contributed by atoms with Crippen LogP contribution in [-0.4, -0.2) is 10.9 Å². The predicted molar refractivity (Wildman–Crippen MR) is 90.5 cm³/mol. The predicted octanol–water partition coefficient (Wildman–Crippen LogP) is 4.48. The van der Waals surface area contributed by atoms with Crippen molar-refractivity contribution in [1.82, 2.24) is 4.98 Å². The van der Waals surface area contributed by atoms with Crippen LogP contribution >= 0.6 is 22.6 Å². The number of amides is 1. The monoisotopic (exact) mass is 386 g/mol. The molecular formula is C16H23IN2O. The quantitative estimate of drug-likeness (QED) is 0.762. The molecule has 2 rings (SSSR count). The maximum atomic E-state index is 12.3. The van der Waals surface area contributed by atoms with Crippen molar-refractivity contribution in [1.29, 1.82) is 0 Å². The van der Waals surface area contributed by atoms with Crippen LogP contribution in [0.2, 0.25) is 0 Å². The smallest absolute Gasteiger partial charge is 0.228 e. The number of nitrogens with zero attached hydrogens (tertiary/aromatic N) is 1. The molecule has 4 heteroatoms. The van der Waals surface area contributed by atoms with Crippen LogP contribution in [0.15, 0.2) is 18.3 Å². The van der Waals surface area contributed by atoms with E-state index < -0.39 is 0 Å². The summed E-state index contributed by atoms with van der Waals surface area (Å²) < 4.78 is 1.08. The normalized spacial score (nSPS) is 23.4. The first-order valence-corrected chi connectivity index (χ1v) is 8.36. The highest BCUT2D eigenvalue weighted by molar-refractivity contribution is 14.1. The van der Waals surface area contributed by atoms with Gasteiger partial charge in [0.05, 0.1) is 0 Å². The third-order valence-corrected chi connectivity index (χ3v) is 4.94. The van der Waals surface area contributed by atoms with Crippen molar-refractivity contribution in [3.05, 3.63) is 21.9 Å². The Morgan fingerprint density at radius 2 is 1.90 bits per heavy atom. The van der Waals surface area contributed by atoms with E-state index >= 15 is 0 Å². The van der Waals surface area contributed by atoms with Crippen LogP contribution in [0.5, 0.6) is 0 Å². The molecule has 3 nitrogen and oxygen atoms in total. The van der Waals surface area contributed by atoms with Gasteiger partial charge >= 0.3 is 0 Å². The van der Waals surface area contributed by atoms with Crippen molar-refractivity contribution in [3.8, 4) is 0 Å². The van der Waals surface area contributed by atoms with Crippen molar-refractivity contribution in [2.24, 2.45) is 17.3 Å². The van der Waals surface area contributed by atoms with Gasteiger partial charge in [0.15, 0.2) is 0 Å². The second-order valence-corrected chi connectivity index (χ2v) is 8.01. The fourth-order valence-corrected chi connectivity index (χ4v) is 3.22. The molecule has 0 unspecified atom stereocenters. The van der Waals surface area contributed by atoms with Gasteiger partial charge in [-0.15, -0.1) is 0 Å². The summed E-state index contributed by atoms with van der Waals surface area (Å²) in [6, 6.07) is 3.82. The zero-order chi connectivity index (χ0) is 14.8. The number of rotatable bonds is 2. The number of halogens is 1. The third-order valence-electron chi connectivity index (χ3n) is 4.30. The molecule has 0 saturated heterocycles. The van der Waals surface area contributed by atoms with E-state index in [-0.39, 0.29) is 11.8 Å². The van der Waals surface area contributed by atoms with Gasteiger partial charge in [0.25, 0.3) is 0 Å². The van der Waals surface area contributed by atoms with Crippen LogP contribution < -0.4 is 5.32 Å². The number of aromatic nitrogens is 1. The molecule has 0 aromatic carbocycles. The molecule has 1 aliphatic rings. The number of pyridine rings is 1. The van der Waals surface area contributed by atoms with Crippen LogP contribution in [0.25, 0.3) is 0 Å². The van der Waals surface area contributed by atoms with E-state index in [1.54, 1.807) is 6.20 Å². The maximum Gasteiger partial charge on any atom is 0.228 e. The van der Waals surface area contributed by atoms with Gasteiger partial charge < -0.3 is 5.32 Å². The minimum atomic E-state index is 0.131. The lowest BCUT2D eigenvalue weighted by Crippen LogP contribution is -2.31. The van der Waals surface area contributed by atoms with Gasteiger partial charge in [0.2, 0.25) is 5.91 Å². The van der Waals surface area contributed by atoms with Gasteiger partial charge in [0, 0.05) is 15.7 Å². The van der Waals surface area contributed by atoms with Gasteiger partial charge in [-0.3, -0.25) is 4.79 Å². The van der Waals surface area contributed by atoms with Crippen LogP contribution in [0, 0.1) is 20.8 Å². The Morgan fingerprint density at radius 3 is 2.40 bits per heavy atom. The van der Waals surface area contributed by atoms with Gasteiger partial charge in [-0.25, -0.2) is 4.98 Å². The lowest BCUT2D eigenvalue weighted by molar-refractivity contribution is -0.121. The first-order valence-electron chi connectivity index (χ1n) is 7.28. The molecule has 1 N–H and O–H groups in total. The van der Waals surface area contributed by atoms with E-state index in [0.29, 0.717) is 11.2 Å². The van der Waals surface area contributed by atoms with E-state index in [4.69, 9.17) is 0 Å². The maximum absolute atomic E-state index is 12.3. The van der Waals surface area contributed by atoms with Crippen LogP contribution in [0.4, 0.5) is 5.82 Å². The lowest BCUT2D eigenvalue weighted by Gasteiger charge is -2.36. The Kier molecular flexibility index (Phi) is 5.04. The van der Waals surface area contributed by atoms with E-state index in [0.717, 1.165) is 35.2 Å². The van der Waals surface area contributed by atoms with Crippen LogP contribution in [0.3, 0.4) is 0 Å². The fraction of sp³-hybridized carbons (Fsp3) is 0.625. The molecule has 1 aromatic rings. The summed E-state index contributed by atoms with van der Waals surface area (Å²) >= 11 is 2.21. The van der Waals surface area contributed by atoms with Crippen molar-refractivity contribution in [3.63, 3.8) is 0 Å². The Hall–Kier alpha value is -0.650. The first kappa shape index (κ1) is 15.7. The summed E-state index contributed by atoms with van der Waals surface area (Å²) in [5.74, 6) is 1.68. The molecule has 0 bridgehead atoms. The standard InChI is InChI=1S/C16H23IN2O/c1-16(2,3)12-6-4-11(5-7-12)15(20)19-14-9-8-13(17)10-18-14/h8-12H,4-7H2,1-3H3,(H,18,19,20). The minimum Gasteiger partial charge on any atom is -0.310 e. The van der Waals surface area contributed by atoms with Crippen molar-refractivity contribution in [2.45, 2.75) is 46.5 Å². The molecule has 1 amide bonds. The molecule has 110 valence electrons. The molecule has 0 spiro atoms. The highest BCUT2D eigenvalue weighted by Gasteiger charge is 2.32. The largest absolute Gasteiger partial charge is 0.310 e. The number of anilines is 1. The molecule has 20 heavy (non-hydrogen) atoms. The second-order valence-electron chi connectivity index (χ2n) is 6.77. The molecule has 1 aliphatic carbocycles. The summed E-state index contributed by atoms with van der Waals surface area (Å²) in [5.41, 5.74) is 0.360.